The molecule has 0 aliphatic heterocycles. The molecule has 0 fully saturated rings. The molecule has 0 radical (unpaired) electrons. The highest BCUT2D eigenvalue weighted by Gasteiger charge is 2.31. The Kier molecular flexibility index (Phi) is 10.5. The van der Waals surface area contributed by atoms with E-state index in [1.54, 1.807) is 0 Å². The van der Waals surface area contributed by atoms with Gasteiger partial charge >= 0.3 is 0 Å². The Balaban J connectivity index is 1.07. The zero-order valence-electron chi connectivity index (χ0n) is 42.3. The summed E-state index contributed by atoms with van der Waals surface area (Å²) in [5.74, 6) is 0.469. The molecule has 0 N–H and O–H groups in total. The Bertz CT molecular complexity index is 4310. The standard InChI is InChI=1S/C70H56N2O2/c1-43(2)59-41-63(71(49-25-15-23-47(39-49)45-19-7-5-8-20-45)61-31-17-29-55-51-27-11-13-33-65(51)73-69(55)61)57-38-36-54-60(44(3)4)42-64(58-37-35-53(59)67(57)68(54)58)72(50-26-16-24-48(40-50)46-21-9-6-10-22-46)62-32-18-30-56-52-28-12-14-34-66(52)74-70(56)62/h5-9,11-21,23-39,41-44,50H,10,22,40H2,1-4H3. The molecule has 12 aromatic rings. The third kappa shape index (κ3) is 7.03. The molecule has 0 amide bonds. The summed E-state index contributed by atoms with van der Waals surface area (Å²) in [5, 5.41) is 12.0. The van der Waals surface area contributed by atoms with Gasteiger partial charge in [0.2, 0.25) is 0 Å². The lowest BCUT2D eigenvalue weighted by Gasteiger charge is -2.36. The molecule has 2 aromatic heterocycles. The highest BCUT2D eigenvalue weighted by molar-refractivity contribution is 6.30. The average Bonchev–Trinajstić information content (AvgIpc) is 4.05. The molecule has 2 aliphatic rings. The van der Waals surface area contributed by atoms with Gasteiger partial charge < -0.3 is 18.6 Å². The van der Waals surface area contributed by atoms with Crippen LogP contribution in [0, 0.1) is 0 Å². The molecule has 0 saturated carbocycles. The van der Waals surface area contributed by atoms with E-state index in [9.17, 15) is 0 Å². The van der Waals surface area contributed by atoms with Gasteiger partial charge in [0.1, 0.15) is 11.2 Å². The summed E-state index contributed by atoms with van der Waals surface area (Å²) in [5.41, 5.74) is 16.8. The minimum absolute atomic E-state index is 0.0116. The number of nitrogens with zero attached hydrogens (tertiary/aromatic N) is 2. The van der Waals surface area contributed by atoms with Gasteiger partial charge in [0.25, 0.3) is 0 Å². The lowest BCUT2D eigenvalue weighted by molar-refractivity contribution is 0.663. The van der Waals surface area contributed by atoms with Crippen molar-refractivity contribution in [1.82, 2.24) is 0 Å². The van der Waals surface area contributed by atoms with Crippen LogP contribution in [0.3, 0.4) is 0 Å². The monoisotopic (exact) mass is 956 g/mol. The highest BCUT2D eigenvalue weighted by Crippen LogP contribution is 2.53. The van der Waals surface area contributed by atoms with E-state index in [1.165, 1.54) is 65.8 Å². The number of furan rings is 2. The molecule has 1 unspecified atom stereocenters. The summed E-state index contributed by atoms with van der Waals surface area (Å²) in [6, 6.07) is 64.6. The van der Waals surface area contributed by atoms with E-state index < -0.39 is 0 Å². The van der Waals surface area contributed by atoms with E-state index in [1.807, 2.05) is 0 Å². The molecule has 2 heterocycles. The fraction of sp³-hybridized carbons (Fsp3) is 0.143. The smallest absolute Gasteiger partial charge is 0.159 e. The number of hydrogen-bond acceptors (Lipinski definition) is 4. The van der Waals surface area contributed by atoms with Crippen LogP contribution in [-0.2, 0) is 0 Å². The van der Waals surface area contributed by atoms with Crippen LogP contribution in [-0.4, -0.2) is 6.04 Å². The summed E-state index contributed by atoms with van der Waals surface area (Å²) >= 11 is 0. The van der Waals surface area contributed by atoms with Crippen molar-refractivity contribution in [3.05, 3.63) is 235 Å². The van der Waals surface area contributed by atoms with Gasteiger partial charge in [-0.3, -0.25) is 0 Å². The first kappa shape index (κ1) is 44.1. The molecule has 74 heavy (non-hydrogen) atoms. The van der Waals surface area contributed by atoms with Gasteiger partial charge in [0.15, 0.2) is 11.2 Å². The first-order valence-electron chi connectivity index (χ1n) is 26.4. The van der Waals surface area contributed by atoms with Crippen molar-refractivity contribution in [1.29, 1.82) is 0 Å². The predicted octanol–water partition coefficient (Wildman–Crippen LogP) is 20.4. The molecular formula is C70H56N2O2. The molecule has 14 rings (SSSR count). The number of benzene rings is 10. The number of hydrogen-bond donors (Lipinski definition) is 0. The summed E-state index contributed by atoms with van der Waals surface area (Å²) in [6.45, 7) is 9.39. The maximum atomic E-state index is 6.96. The highest BCUT2D eigenvalue weighted by atomic mass is 16.3. The third-order valence-corrected chi connectivity index (χ3v) is 16.0. The van der Waals surface area contributed by atoms with E-state index in [-0.39, 0.29) is 17.9 Å². The van der Waals surface area contributed by atoms with Gasteiger partial charge in [0, 0.05) is 38.0 Å². The molecule has 10 aromatic carbocycles. The van der Waals surface area contributed by atoms with Crippen LogP contribution in [0.2, 0.25) is 0 Å². The SMILES string of the molecule is CC(C)c1cc(N(c2cccc(-c3ccccc3)c2)c2cccc3c2oc2ccccc23)c2ccc3c(C(C)C)cc(N(c4cccc5c4oc4ccccc45)C4C=CC=C(C5=CC=CCC5)C4)c4ccc1c2c34. The third-order valence-electron chi connectivity index (χ3n) is 16.0. The molecular weight excluding hydrogens is 901 g/mol. The second kappa shape index (κ2) is 17.6. The Morgan fingerprint density at radius 1 is 0.446 bits per heavy atom. The Labute approximate surface area is 431 Å². The molecule has 358 valence electrons. The molecule has 4 heteroatoms. The fourth-order valence-corrected chi connectivity index (χ4v) is 12.5. The van der Waals surface area contributed by atoms with Gasteiger partial charge in [-0.25, -0.2) is 0 Å². The first-order chi connectivity index (χ1) is 36.4. The van der Waals surface area contributed by atoms with Crippen LogP contribution >= 0.6 is 0 Å². The number of allylic oxidation sites excluding steroid dienone is 6. The van der Waals surface area contributed by atoms with Gasteiger partial charge in [-0.2, -0.15) is 0 Å². The van der Waals surface area contributed by atoms with Gasteiger partial charge in [0.05, 0.1) is 28.8 Å². The maximum absolute atomic E-state index is 6.96. The fourth-order valence-electron chi connectivity index (χ4n) is 12.5. The molecule has 2 aliphatic carbocycles. The van der Waals surface area contributed by atoms with Crippen molar-refractivity contribution in [2.24, 2.45) is 0 Å². The van der Waals surface area contributed by atoms with Crippen LogP contribution in [0.25, 0.3) is 87.3 Å². The first-order valence-corrected chi connectivity index (χ1v) is 26.4. The van der Waals surface area contributed by atoms with Crippen LogP contribution in [0.5, 0.6) is 0 Å². The number of para-hydroxylation sites is 4. The molecule has 4 nitrogen and oxygen atoms in total. The van der Waals surface area contributed by atoms with E-state index in [0.29, 0.717) is 0 Å². The molecule has 0 bridgehead atoms. The average molecular weight is 957 g/mol. The van der Waals surface area contributed by atoms with Crippen molar-refractivity contribution in [3.8, 4) is 11.1 Å². The topological polar surface area (TPSA) is 32.8 Å². The largest absolute Gasteiger partial charge is 0.454 e. The van der Waals surface area contributed by atoms with Crippen LogP contribution < -0.4 is 9.80 Å². The van der Waals surface area contributed by atoms with Crippen molar-refractivity contribution in [3.63, 3.8) is 0 Å². The Morgan fingerprint density at radius 3 is 1.66 bits per heavy atom. The van der Waals surface area contributed by atoms with E-state index in [0.717, 1.165) is 91.5 Å². The zero-order valence-corrected chi connectivity index (χ0v) is 42.3. The minimum Gasteiger partial charge on any atom is -0.454 e. The summed E-state index contributed by atoms with van der Waals surface area (Å²) < 4.78 is 13.9. The van der Waals surface area contributed by atoms with Crippen molar-refractivity contribution in [2.45, 2.75) is 64.8 Å². The Morgan fingerprint density at radius 2 is 1.00 bits per heavy atom. The summed E-state index contributed by atoms with van der Waals surface area (Å²) in [7, 11) is 0. The second-order valence-electron chi connectivity index (χ2n) is 21.0. The summed E-state index contributed by atoms with van der Waals surface area (Å²) in [6.07, 6.45) is 16.9. The summed E-state index contributed by atoms with van der Waals surface area (Å²) in [4.78, 5) is 5.10. The number of fused-ring (bicyclic) bond motifs is 6. The normalized spacial score (nSPS) is 15.0. The van der Waals surface area contributed by atoms with Gasteiger partial charge in [-0.15, -0.1) is 0 Å². The predicted molar refractivity (Wildman–Crippen MR) is 314 cm³/mol. The van der Waals surface area contributed by atoms with E-state index in [2.05, 4.69) is 250 Å². The van der Waals surface area contributed by atoms with Crippen molar-refractivity contribution >= 4 is 105 Å². The molecule has 1 atom stereocenters. The maximum Gasteiger partial charge on any atom is 0.159 e. The van der Waals surface area contributed by atoms with Gasteiger partial charge in [-0.05, 0) is 135 Å². The molecule has 0 saturated heterocycles. The van der Waals surface area contributed by atoms with E-state index >= 15 is 0 Å². The van der Waals surface area contributed by atoms with Crippen LogP contribution in [0.15, 0.2) is 232 Å². The zero-order chi connectivity index (χ0) is 49.6. The second-order valence-corrected chi connectivity index (χ2v) is 21.0. The lowest BCUT2D eigenvalue weighted by Crippen LogP contribution is -2.31. The van der Waals surface area contributed by atoms with E-state index in [4.69, 9.17) is 8.83 Å². The van der Waals surface area contributed by atoms with Crippen LogP contribution in [0.1, 0.15) is 69.9 Å². The minimum atomic E-state index is 0.0116. The van der Waals surface area contributed by atoms with Gasteiger partial charge in [-0.1, -0.05) is 192 Å². The number of rotatable bonds is 10. The lowest BCUT2D eigenvalue weighted by atomic mass is 9.83. The van der Waals surface area contributed by atoms with Crippen molar-refractivity contribution < 1.29 is 8.83 Å². The Hall–Kier alpha value is -8.60. The van der Waals surface area contributed by atoms with Crippen LogP contribution in [0.4, 0.5) is 28.4 Å². The van der Waals surface area contributed by atoms with Crippen molar-refractivity contribution in [2.75, 3.05) is 9.80 Å². The quantitative estimate of drug-likeness (QED) is 0.128. The molecule has 0 spiro atoms. The number of anilines is 5.